The van der Waals surface area contributed by atoms with Crippen molar-refractivity contribution in [2.75, 3.05) is 16.8 Å². The topological polar surface area (TPSA) is 79.1 Å². The molecule has 2 aliphatic carbocycles. The summed E-state index contributed by atoms with van der Waals surface area (Å²) in [5.41, 5.74) is 11.5. The molecule has 5 rings (SSSR count). The Labute approximate surface area is 198 Å². The lowest BCUT2D eigenvalue weighted by atomic mass is 9.88. The number of rotatable bonds is 8. The second-order valence-corrected chi connectivity index (χ2v) is 10.3. The van der Waals surface area contributed by atoms with Crippen molar-refractivity contribution in [2.45, 2.75) is 102 Å². The standard InChI is InChI=1S/C27H40N6/c1-2-3-14-29-27-31-17-25-24-13-8-19(16-30-22-6-4-5-7-22)15-20(24)18-33(26(25)32-27)23-11-9-21(28)10-12-23/h8,13,15,17,21-23,30H,2-7,9-12,14,16,18,28H2,1H3,(H,29,31,32)/t21-,23-. The number of fused-ring (bicyclic) bond motifs is 3. The molecule has 2 fully saturated rings. The molecule has 2 aromatic rings. The number of anilines is 2. The molecule has 0 atom stereocenters. The van der Waals surface area contributed by atoms with Crippen LogP contribution in [0.5, 0.6) is 0 Å². The van der Waals surface area contributed by atoms with Crippen LogP contribution in [0.15, 0.2) is 24.4 Å². The molecule has 1 aromatic heterocycles. The van der Waals surface area contributed by atoms with Crippen molar-refractivity contribution in [1.82, 2.24) is 15.3 Å². The fourth-order valence-corrected chi connectivity index (χ4v) is 5.76. The number of benzene rings is 1. The minimum Gasteiger partial charge on any atom is -0.354 e. The average molecular weight is 449 g/mol. The Kier molecular flexibility index (Phi) is 7.12. The summed E-state index contributed by atoms with van der Waals surface area (Å²) in [4.78, 5) is 12.3. The van der Waals surface area contributed by atoms with Crippen LogP contribution >= 0.6 is 0 Å². The molecule has 1 aromatic carbocycles. The highest BCUT2D eigenvalue weighted by molar-refractivity contribution is 5.81. The lowest BCUT2D eigenvalue weighted by Crippen LogP contribution is -2.42. The van der Waals surface area contributed by atoms with Gasteiger partial charge in [0.1, 0.15) is 5.82 Å². The zero-order valence-electron chi connectivity index (χ0n) is 20.2. The van der Waals surface area contributed by atoms with E-state index >= 15 is 0 Å². The SMILES string of the molecule is CCCCNc1ncc2c(n1)N([C@H]1CC[C@H](N)CC1)Cc1cc(CNC3CCCC3)ccc1-2. The third-order valence-corrected chi connectivity index (χ3v) is 7.79. The fraction of sp³-hybridized carbons (Fsp3) is 0.630. The van der Waals surface area contributed by atoms with Crippen LogP contribution in [0.25, 0.3) is 11.1 Å². The van der Waals surface area contributed by atoms with Crippen molar-refractivity contribution in [3.05, 3.63) is 35.5 Å². The van der Waals surface area contributed by atoms with Crippen LogP contribution in [0.2, 0.25) is 0 Å². The number of nitrogens with zero attached hydrogens (tertiary/aromatic N) is 3. The smallest absolute Gasteiger partial charge is 0.224 e. The summed E-state index contributed by atoms with van der Waals surface area (Å²) in [6.07, 6.45) is 14.2. The van der Waals surface area contributed by atoms with Crippen molar-refractivity contribution in [3.8, 4) is 11.1 Å². The maximum absolute atomic E-state index is 6.23. The van der Waals surface area contributed by atoms with Gasteiger partial charge in [-0.05, 0) is 61.6 Å². The fourth-order valence-electron chi connectivity index (χ4n) is 5.76. The molecular weight excluding hydrogens is 408 g/mol. The van der Waals surface area contributed by atoms with Gasteiger partial charge < -0.3 is 21.3 Å². The Balaban J connectivity index is 1.41. The summed E-state index contributed by atoms with van der Waals surface area (Å²) in [7, 11) is 0. The third kappa shape index (κ3) is 5.17. The first kappa shape index (κ1) is 22.6. The van der Waals surface area contributed by atoms with E-state index < -0.39 is 0 Å². The summed E-state index contributed by atoms with van der Waals surface area (Å²) in [6.45, 7) is 5.01. The van der Waals surface area contributed by atoms with E-state index in [1.54, 1.807) is 0 Å². The van der Waals surface area contributed by atoms with Crippen LogP contribution in [-0.4, -0.2) is 34.6 Å². The number of hydrogen-bond acceptors (Lipinski definition) is 6. The van der Waals surface area contributed by atoms with Gasteiger partial charge in [-0.1, -0.05) is 44.4 Å². The molecule has 0 radical (unpaired) electrons. The van der Waals surface area contributed by atoms with Gasteiger partial charge in [-0.25, -0.2) is 4.98 Å². The minimum atomic E-state index is 0.350. The predicted octanol–water partition coefficient (Wildman–Crippen LogP) is 4.98. The Hall–Kier alpha value is -2.18. The highest BCUT2D eigenvalue weighted by Crippen LogP contribution is 2.41. The van der Waals surface area contributed by atoms with Gasteiger partial charge in [0.15, 0.2) is 0 Å². The van der Waals surface area contributed by atoms with Gasteiger partial charge in [0.05, 0.1) is 0 Å². The van der Waals surface area contributed by atoms with Crippen molar-refractivity contribution in [2.24, 2.45) is 5.73 Å². The summed E-state index contributed by atoms with van der Waals surface area (Å²) >= 11 is 0. The van der Waals surface area contributed by atoms with Crippen molar-refractivity contribution in [3.63, 3.8) is 0 Å². The largest absolute Gasteiger partial charge is 0.354 e. The predicted molar refractivity (Wildman–Crippen MR) is 136 cm³/mol. The molecule has 1 aliphatic heterocycles. The molecule has 0 bridgehead atoms. The summed E-state index contributed by atoms with van der Waals surface area (Å²) in [6, 6.07) is 8.53. The molecule has 0 unspecified atom stereocenters. The molecule has 2 heterocycles. The zero-order chi connectivity index (χ0) is 22.6. The number of aromatic nitrogens is 2. The highest BCUT2D eigenvalue weighted by Gasteiger charge is 2.32. The summed E-state index contributed by atoms with van der Waals surface area (Å²) in [5, 5.41) is 7.20. The van der Waals surface area contributed by atoms with E-state index in [-0.39, 0.29) is 0 Å². The molecule has 33 heavy (non-hydrogen) atoms. The van der Waals surface area contributed by atoms with Crippen molar-refractivity contribution >= 4 is 11.8 Å². The van der Waals surface area contributed by atoms with Gasteiger partial charge >= 0.3 is 0 Å². The lowest BCUT2D eigenvalue weighted by Gasteiger charge is -2.40. The first-order chi connectivity index (χ1) is 16.2. The van der Waals surface area contributed by atoms with Crippen LogP contribution in [0.3, 0.4) is 0 Å². The maximum atomic E-state index is 6.23. The molecule has 6 heteroatoms. The first-order valence-electron chi connectivity index (χ1n) is 13.2. The number of nitrogens with two attached hydrogens (primary N) is 1. The van der Waals surface area contributed by atoms with E-state index in [2.05, 4.69) is 45.6 Å². The van der Waals surface area contributed by atoms with E-state index in [4.69, 9.17) is 10.7 Å². The zero-order valence-corrected chi connectivity index (χ0v) is 20.2. The van der Waals surface area contributed by atoms with Gasteiger partial charge in [0.2, 0.25) is 5.95 Å². The van der Waals surface area contributed by atoms with E-state index in [0.29, 0.717) is 18.1 Å². The van der Waals surface area contributed by atoms with Gasteiger partial charge in [0.25, 0.3) is 0 Å². The van der Waals surface area contributed by atoms with Crippen LogP contribution < -0.4 is 21.3 Å². The first-order valence-corrected chi connectivity index (χ1v) is 13.2. The molecule has 0 amide bonds. The van der Waals surface area contributed by atoms with Crippen LogP contribution in [0, 0.1) is 0 Å². The second kappa shape index (κ2) is 10.4. The number of hydrogen-bond donors (Lipinski definition) is 3. The molecule has 4 N–H and O–H groups in total. The van der Waals surface area contributed by atoms with E-state index in [1.165, 1.54) is 47.9 Å². The number of unbranched alkanes of at least 4 members (excludes halogenated alkanes) is 1. The monoisotopic (exact) mass is 448 g/mol. The Morgan fingerprint density at radius 2 is 1.88 bits per heavy atom. The van der Waals surface area contributed by atoms with Gasteiger partial charge in [-0.3, -0.25) is 0 Å². The van der Waals surface area contributed by atoms with Gasteiger partial charge in [-0.15, -0.1) is 0 Å². The minimum absolute atomic E-state index is 0.350. The average Bonchev–Trinajstić information content (AvgIpc) is 3.36. The summed E-state index contributed by atoms with van der Waals surface area (Å²) < 4.78 is 0. The van der Waals surface area contributed by atoms with Crippen molar-refractivity contribution in [1.29, 1.82) is 0 Å². The Bertz CT molecular complexity index is 930. The molecule has 0 spiro atoms. The molecule has 2 saturated carbocycles. The van der Waals surface area contributed by atoms with E-state index in [0.717, 1.165) is 69.9 Å². The molecule has 3 aliphatic rings. The van der Waals surface area contributed by atoms with Crippen LogP contribution in [0.4, 0.5) is 11.8 Å². The normalized spacial score (nSPS) is 22.8. The van der Waals surface area contributed by atoms with Crippen molar-refractivity contribution < 1.29 is 0 Å². The molecular formula is C27H40N6. The Morgan fingerprint density at radius 1 is 1.06 bits per heavy atom. The van der Waals surface area contributed by atoms with E-state index in [1.807, 2.05) is 6.20 Å². The number of nitrogens with one attached hydrogen (secondary N) is 2. The van der Waals surface area contributed by atoms with Crippen LogP contribution in [0.1, 0.15) is 82.3 Å². The van der Waals surface area contributed by atoms with Gasteiger partial charge in [-0.2, -0.15) is 4.98 Å². The van der Waals surface area contributed by atoms with E-state index in [9.17, 15) is 0 Å². The molecule has 0 saturated heterocycles. The molecule has 178 valence electrons. The lowest BCUT2D eigenvalue weighted by molar-refractivity contribution is 0.372. The second-order valence-electron chi connectivity index (χ2n) is 10.3. The summed E-state index contributed by atoms with van der Waals surface area (Å²) in [5.74, 6) is 1.84. The Morgan fingerprint density at radius 3 is 2.67 bits per heavy atom. The van der Waals surface area contributed by atoms with Crippen LogP contribution in [-0.2, 0) is 13.1 Å². The maximum Gasteiger partial charge on any atom is 0.224 e. The quantitative estimate of drug-likeness (QED) is 0.495. The highest BCUT2D eigenvalue weighted by atomic mass is 15.3. The van der Waals surface area contributed by atoms with Gasteiger partial charge in [0, 0.05) is 49.5 Å². The third-order valence-electron chi connectivity index (χ3n) is 7.79. The molecule has 6 nitrogen and oxygen atoms in total.